The first-order valence-corrected chi connectivity index (χ1v) is 10.8. The van der Waals surface area contributed by atoms with Crippen molar-refractivity contribution in [2.75, 3.05) is 23.8 Å². The third-order valence-corrected chi connectivity index (χ3v) is 4.54. The molecule has 11 heteroatoms. The molecule has 0 saturated carbocycles. The zero-order chi connectivity index (χ0) is 25.8. The first kappa shape index (κ1) is 27.4. The molecule has 8 nitrogen and oxygen atoms in total. The number of unbranched alkanes of at least 4 members (excludes halogenated alkanes) is 1. The molecule has 0 fully saturated rings. The Balaban J connectivity index is 1.77. The van der Waals surface area contributed by atoms with E-state index in [4.69, 9.17) is 9.47 Å². The number of benzene rings is 2. The van der Waals surface area contributed by atoms with Gasteiger partial charge in [-0.2, -0.15) is 13.2 Å². The van der Waals surface area contributed by atoms with E-state index in [-0.39, 0.29) is 18.4 Å². The number of hydrogen-bond acceptors (Lipinski definition) is 6. The first-order chi connectivity index (χ1) is 16.6. The Kier molecular flexibility index (Phi) is 10.2. The maximum Gasteiger partial charge on any atom is 0.418 e. The van der Waals surface area contributed by atoms with Crippen molar-refractivity contribution in [3.05, 3.63) is 59.7 Å². The van der Waals surface area contributed by atoms with Gasteiger partial charge in [-0.1, -0.05) is 31.5 Å². The fourth-order valence-electron chi connectivity index (χ4n) is 2.80. The summed E-state index contributed by atoms with van der Waals surface area (Å²) in [5, 5.41) is 4.58. The number of amides is 2. The van der Waals surface area contributed by atoms with Crippen LogP contribution in [-0.2, 0) is 30.0 Å². The van der Waals surface area contributed by atoms with Crippen LogP contribution >= 0.6 is 0 Å². The Morgan fingerprint density at radius 1 is 0.886 bits per heavy atom. The van der Waals surface area contributed by atoms with Crippen LogP contribution < -0.4 is 10.6 Å². The van der Waals surface area contributed by atoms with E-state index < -0.39 is 47.8 Å². The highest BCUT2D eigenvalue weighted by molar-refractivity contribution is 5.96. The number of ether oxygens (including phenoxy) is 2. The maximum absolute atomic E-state index is 13.0. The molecule has 0 atom stereocenters. The summed E-state index contributed by atoms with van der Waals surface area (Å²) in [6, 6.07) is 10.5. The van der Waals surface area contributed by atoms with Gasteiger partial charge in [-0.25, -0.2) is 4.79 Å². The molecule has 188 valence electrons. The van der Waals surface area contributed by atoms with Crippen LogP contribution in [0.3, 0.4) is 0 Å². The summed E-state index contributed by atoms with van der Waals surface area (Å²) in [5.74, 6) is -2.90. The van der Waals surface area contributed by atoms with Crippen molar-refractivity contribution in [2.45, 2.75) is 38.8 Å². The number of carbonyl (C=O) groups excluding carboxylic acids is 4. The van der Waals surface area contributed by atoms with Crippen LogP contribution in [0.5, 0.6) is 0 Å². The van der Waals surface area contributed by atoms with Crippen molar-refractivity contribution < 1.29 is 41.8 Å². The first-order valence-electron chi connectivity index (χ1n) is 10.8. The van der Waals surface area contributed by atoms with Gasteiger partial charge in [-0.05, 0) is 36.8 Å². The molecular formula is C24H25F3N2O6. The van der Waals surface area contributed by atoms with Gasteiger partial charge in [-0.15, -0.1) is 0 Å². The number of halogens is 3. The summed E-state index contributed by atoms with van der Waals surface area (Å²) in [4.78, 5) is 47.8. The number of hydrogen-bond donors (Lipinski definition) is 2. The lowest BCUT2D eigenvalue weighted by Gasteiger charge is -2.13. The van der Waals surface area contributed by atoms with E-state index in [0.717, 1.165) is 25.0 Å². The average molecular weight is 494 g/mol. The van der Waals surface area contributed by atoms with Crippen molar-refractivity contribution in [3.8, 4) is 0 Å². The smallest absolute Gasteiger partial charge is 0.418 e. The zero-order valence-electron chi connectivity index (χ0n) is 18.9. The molecule has 2 aromatic carbocycles. The summed E-state index contributed by atoms with van der Waals surface area (Å²) >= 11 is 0. The maximum atomic E-state index is 13.0. The topological polar surface area (TPSA) is 111 Å². The Morgan fingerprint density at radius 3 is 2.34 bits per heavy atom. The van der Waals surface area contributed by atoms with Crippen LogP contribution in [0.2, 0.25) is 0 Å². The van der Waals surface area contributed by atoms with Crippen LogP contribution in [0.1, 0.15) is 48.5 Å². The van der Waals surface area contributed by atoms with Crippen LogP contribution in [-0.4, -0.2) is 37.0 Å². The molecule has 0 aliphatic rings. The fourth-order valence-corrected chi connectivity index (χ4v) is 2.80. The van der Waals surface area contributed by atoms with E-state index in [9.17, 15) is 32.3 Å². The number of rotatable bonds is 11. The molecule has 0 radical (unpaired) electrons. The van der Waals surface area contributed by atoms with Gasteiger partial charge >= 0.3 is 18.1 Å². The molecule has 0 aliphatic heterocycles. The molecule has 0 aliphatic carbocycles. The third-order valence-electron chi connectivity index (χ3n) is 4.54. The number of para-hydroxylation sites is 1. The van der Waals surface area contributed by atoms with E-state index in [1.54, 1.807) is 18.2 Å². The minimum absolute atomic E-state index is 0.261. The minimum Gasteiger partial charge on any atom is -0.462 e. The van der Waals surface area contributed by atoms with Gasteiger partial charge in [0.1, 0.15) is 0 Å². The Labute approximate surface area is 199 Å². The van der Waals surface area contributed by atoms with E-state index in [0.29, 0.717) is 12.3 Å². The third kappa shape index (κ3) is 9.48. The van der Waals surface area contributed by atoms with Gasteiger partial charge in [0.2, 0.25) is 5.91 Å². The standard InChI is InChI=1S/C24H25F3N2O6/c1-2-3-13-34-23(33)16-7-6-8-17(14-16)28-20(30)11-12-22(32)35-15-21(31)29-19-10-5-4-9-18(19)24(25,26)27/h4-10,14H,2-3,11-13,15H2,1H3,(H,28,30)(H,29,31). The molecule has 0 saturated heterocycles. The molecule has 0 unspecified atom stereocenters. The average Bonchev–Trinajstić information content (AvgIpc) is 2.81. The lowest BCUT2D eigenvalue weighted by molar-refractivity contribution is -0.148. The zero-order valence-corrected chi connectivity index (χ0v) is 18.9. The van der Waals surface area contributed by atoms with Gasteiger partial charge in [-0.3, -0.25) is 14.4 Å². The van der Waals surface area contributed by atoms with Gasteiger partial charge in [0.25, 0.3) is 5.91 Å². The van der Waals surface area contributed by atoms with E-state index in [1.807, 2.05) is 12.2 Å². The van der Waals surface area contributed by atoms with Gasteiger partial charge in [0, 0.05) is 12.1 Å². The van der Waals surface area contributed by atoms with Crippen molar-refractivity contribution in [1.82, 2.24) is 0 Å². The number of anilines is 2. The molecule has 0 spiro atoms. The summed E-state index contributed by atoms with van der Waals surface area (Å²) in [6.07, 6.45) is -3.69. The second kappa shape index (κ2) is 13.1. The Hall–Kier alpha value is -3.89. The number of nitrogens with one attached hydrogen (secondary N) is 2. The van der Waals surface area contributed by atoms with Crippen LogP contribution in [0.15, 0.2) is 48.5 Å². The largest absolute Gasteiger partial charge is 0.462 e. The minimum atomic E-state index is -4.66. The fraction of sp³-hybridized carbons (Fsp3) is 0.333. The monoisotopic (exact) mass is 494 g/mol. The predicted octanol–water partition coefficient (Wildman–Crippen LogP) is 4.56. The lowest BCUT2D eigenvalue weighted by Crippen LogP contribution is -2.23. The number of carbonyl (C=O) groups is 4. The summed E-state index contributed by atoms with van der Waals surface area (Å²) in [7, 11) is 0. The highest BCUT2D eigenvalue weighted by atomic mass is 19.4. The van der Waals surface area contributed by atoms with Gasteiger partial charge < -0.3 is 20.1 Å². The summed E-state index contributed by atoms with van der Waals surface area (Å²) in [6.45, 7) is 1.45. The molecule has 35 heavy (non-hydrogen) atoms. The molecule has 0 heterocycles. The van der Waals surface area contributed by atoms with Crippen LogP contribution in [0, 0.1) is 0 Å². The van der Waals surface area contributed by atoms with E-state index in [2.05, 4.69) is 5.32 Å². The van der Waals surface area contributed by atoms with E-state index >= 15 is 0 Å². The second-order valence-electron chi connectivity index (χ2n) is 7.37. The van der Waals surface area contributed by atoms with Crippen molar-refractivity contribution >= 4 is 35.1 Å². The van der Waals surface area contributed by atoms with Gasteiger partial charge in [0.15, 0.2) is 6.61 Å². The quantitative estimate of drug-likeness (QED) is 0.350. The molecule has 2 N–H and O–H groups in total. The number of alkyl halides is 3. The molecular weight excluding hydrogens is 469 g/mol. The summed E-state index contributed by atoms with van der Waals surface area (Å²) < 4.78 is 48.8. The van der Waals surface area contributed by atoms with Crippen LogP contribution in [0.25, 0.3) is 0 Å². The highest BCUT2D eigenvalue weighted by Gasteiger charge is 2.33. The Bertz CT molecular complexity index is 1060. The van der Waals surface area contributed by atoms with Crippen molar-refractivity contribution in [1.29, 1.82) is 0 Å². The molecule has 0 bridgehead atoms. The predicted molar refractivity (Wildman–Crippen MR) is 121 cm³/mol. The molecule has 2 aromatic rings. The SMILES string of the molecule is CCCCOC(=O)c1cccc(NC(=O)CCC(=O)OCC(=O)Nc2ccccc2C(F)(F)F)c1. The summed E-state index contributed by atoms with van der Waals surface area (Å²) in [5.41, 5.74) is -0.904. The molecule has 0 aromatic heterocycles. The lowest BCUT2D eigenvalue weighted by atomic mass is 10.1. The second-order valence-corrected chi connectivity index (χ2v) is 7.37. The van der Waals surface area contributed by atoms with Gasteiger partial charge in [0.05, 0.1) is 29.8 Å². The Morgan fingerprint density at radius 2 is 1.63 bits per heavy atom. The van der Waals surface area contributed by atoms with Crippen LogP contribution in [0.4, 0.5) is 24.5 Å². The molecule has 2 amide bonds. The molecule has 2 rings (SSSR count). The normalized spacial score (nSPS) is 10.9. The van der Waals surface area contributed by atoms with Crippen molar-refractivity contribution in [3.63, 3.8) is 0 Å². The van der Waals surface area contributed by atoms with E-state index in [1.165, 1.54) is 18.2 Å². The van der Waals surface area contributed by atoms with Crippen molar-refractivity contribution in [2.24, 2.45) is 0 Å². The highest BCUT2D eigenvalue weighted by Crippen LogP contribution is 2.34. The number of esters is 2.